The van der Waals surface area contributed by atoms with Gasteiger partial charge in [0.1, 0.15) is 0 Å². The van der Waals surface area contributed by atoms with E-state index in [1.54, 1.807) is 12.2 Å². The molecule has 0 radical (unpaired) electrons. The predicted octanol–water partition coefficient (Wildman–Crippen LogP) is 0.649. The Hall–Kier alpha value is -2.86. The fourth-order valence-electron chi connectivity index (χ4n) is 4.02. The van der Waals surface area contributed by atoms with Gasteiger partial charge in [0, 0.05) is 36.9 Å². The van der Waals surface area contributed by atoms with Gasteiger partial charge in [-0.3, -0.25) is 9.59 Å². The molecule has 2 aliphatic heterocycles. The number of hydrogen-bond acceptors (Lipinski definition) is 5. The molecule has 0 aromatic carbocycles. The van der Waals surface area contributed by atoms with Crippen LogP contribution in [0.15, 0.2) is 70.6 Å². The lowest BCUT2D eigenvalue weighted by molar-refractivity contribution is -0.117. The van der Waals surface area contributed by atoms with Crippen LogP contribution in [0.2, 0.25) is 0 Å². The van der Waals surface area contributed by atoms with Crippen LogP contribution in [0.4, 0.5) is 0 Å². The smallest absolute Gasteiger partial charge is 0.249 e. The minimum Gasteiger partial charge on any atom is -0.380 e. The molecule has 27 heavy (non-hydrogen) atoms. The van der Waals surface area contributed by atoms with Crippen LogP contribution >= 0.6 is 0 Å². The first-order valence-electron chi connectivity index (χ1n) is 9.16. The zero-order chi connectivity index (χ0) is 19.1. The van der Waals surface area contributed by atoms with Gasteiger partial charge in [-0.2, -0.15) is 0 Å². The van der Waals surface area contributed by atoms with Crippen molar-refractivity contribution in [2.75, 3.05) is 34.2 Å². The first-order valence-corrected chi connectivity index (χ1v) is 9.16. The van der Waals surface area contributed by atoms with Crippen molar-refractivity contribution in [1.82, 2.24) is 20.4 Å². The fourth-order valence-corrected chi connectivity index (χ4v) is 4.02. The van der Waals surface area contributed by atoms with E-state index in [1.165, 1.54) is 0 Å². The number of hydrogen-bond donors (Lipinski definition) is 2. The molecule has 4 aliphatic rings. The molecule has 2 N–H and O–H groups in total. The summed E-state index contributed by atoms with van der Waals surface area (Å²) in [5.41, 5.74) is 4.76. The van der Waals surface area contributed by atoms with Crippen molar-refractivity contribution in [3.8, 4) is 0 Å². The van der Waals surface area contributed by atoms with E-state index in [4.69, 9.17) is 0 Å². The van der Waals surface area contributed by atoms with Gasteiger partial charge in [-0.25, -0.2) is 0 Å². The van der Waals surface area contributed by atoms with Crippen molar-refractivity contribution in [3.63, 3.8) is 0 Å². The summed E-state index contributed by atoms with van der Waals surface area (Å²) in [5.74, 6) is -0.0852. The molecule has 2 atom stereocenters. The molecule has 1 amide bonds. The third-order valence-electron chi connectivity index (χ3n) is 5.33. The summed E-state index contributed by atoms with van der Waals surface area (Å²) >= 11 is 0. The molecule has 0 fully saturated rings. The molecule has 6 nitrogen and oxygen atoms in total. The normalized spacial score (nSPS) is 25.4. The van der Waals surface area contributed by atoms with Crippen LogP contribution in [-0.2, 0) is 9.59 Å². The molecule has 4 rings (SSSR count). The first-order chi connectivity index (χ1) is 13.0. The van der Waals surface area contributed by atoms with Crippen LogP contribution in [0, 0.1) is 0 Å². The first kappa shape index (κ1) is 17.5. The van der Waals surface area contributed by atoms with Gasteiger partial charge in [0.05, 0.1) is 17.8 Å². The van der Waals surface area contributed by atoms with Crippen molar-refractivity contribution in [1.29, 1.82) is 0 Å². The molecular formula is C21H24N4O2. The van der Waals surface area contributed by atoms with Crippen molar-refractivity contribution >= 4 is 11.7 Å². The third kappa shape index (κ3) is 2.96. The lowest BCUT2D eigenvalue weighted by Crippen LogP contribution is -2.43. The molecule has 0 saturated carbocycles. The van der Waals surface area contributed by atoms with Gasteiger partial charge in [-0.1, -0.05) is 12.2 Å². The van der Waals surface area contributed by atoms with Crippen LogP contribution in [0.3, 0.4) is 0 Å². The maximum absolute atomic E-state index is 12.9. The number of amides is 1. The van der Waals surface area contributed by atoms with Gasteiger partial charge in [-0.05, 0) is 50.2 Å². The highest BCUT2D eigenvalue weighted by Crippen LogP contribution is 2.44. The Morgan fingerprint density at radius 2 is 2.11 bits per heavy atom. The number of nitrogens with one attached hydrogen (secondary N) is 2. The zero-order valence-electron chi connectivity index (χ0n) is 15.8. The minimum atomic E-state index is -0.184. The van der Waals surface area contributed by atoms with Crippen molar-refractivity contribution in [2.45, 2.75) is 12.1 Å². The molecule has 0 aromatic heterocycles. The Kier molecular flexibility index (Phi) is 4.36. The highest BCUT2D eigenvalue weighted by atomic mass is 16.1. The van der Waals surface area contributed by atoms with E-state index in [0.717, 1.165) is 29.0 Å². The lowest BCUT2D eigenvalue weighted by atomic mass is 9.83. The summed E-state index contributed by atoms with van der Waals surface area (Å²) in [7, 11) is 5.99. The Morgan fingerprint density at radius 3 is 2.89 bits per heavy atom. The SMILES string of the molecule is CN(C)CCNC(=O)C1=CC2=C(C3=CC=CNC13)N(C)C1C=CC(=O)C=C21. The number of rotatable bonds is 4. The van der Waals surface area contributed by atoms with Gasteiger partial charge in [0.2, 0.25) is 5.91 Å². The number of allylic oxidation sites excluding steroid dienone is 5. The monoisotopic (exact) mass is 364 g/mol. The molecule has 2 heterocycles. The van der Waals surface area contributed by atoms with Crippen LogP contribution in [-0.4, -0.2) is 67.8 Å². The molecule has 140 valence electrons. The Bertz CT molecular complexity index is 886. The lowest BCUT2D eigenvalue weighted by Gasteiger charge is -2.33. The quantitative estimate of drug-likeness (QED) is 0.767. The van der Waals surface area contributed by atoms with Crippen LogP contribution < -0.4 is 10.6 Å². The van der Waals surface area contributed by atoms with Crippen LogP contribution in [0.1, 0.15) is 0 Å². The second-order valence-electron chi connectivity index (χ2n) is 7.42. The largest absolute Gasteiger partial charge is 0.380 e. The summed E-state index contributed by atoms with van der Waals surface area (Å²) in [5, 5.41) is 6.33. The number of dihydropyridines is 1. The second kappa shape index (κ2) is 6.70. The number of ketones is 1. The summed E-state index contributed by atoms with van der Waals surface area (Å²) in [6.07, 6.45) is 13.1. The summed E-state index contributed by atoms with van der Waals surface area (Å²) < 4.78 is 0. The molecule has 0 spiro atoms. The minimum absolute atomic E-state index is 0.00782. The van der Waals surface area contributed by atoms with E-state index in [0.29, 0.717) is 12.1 Å². The average Bonchev–Trinajstić information content (AvgIpc) is 2.92. The third-order valence-corrected chi connectivity index (χ3v) is 5.33. The van der Waals surface area contributed by atoms with E-state index < -0.39 is 0 Å². The number of carbonyl (C=O) groups is 2. The van der Waals surface area contributed by atoms with E-state index in [-0.39, 0.29) is 23.8 Å². The molecule has 2 unspecified atom stereocenters. The van der Waals surface area contributed by atoms with Crippen molar-refractivity contribution < 1.29 is 9.59 Å². The molecular weight excluding hydrogens is 340 g/mol. The van der Waals surface area contributed by atoms with Crippen LogP contribution in [0.25, 0.3) is 0 Å². The van der Waals surface area contributed by atoms with E-state index in [2.05, 4.69) is 21.6 Å². The fraction of sp³-hybridized carbons (Fsp3) is 0.333. The predicted molar refractivity (Wildman–Crippen MR) is 105 cm³/mol. The maximum atomic E-state index is 12.9. The Morgan fingerprint density at radius 1 is 1.30 bits per heavy atom. The van der Waals surface area contributed by atoms with Crippen molar-refractivity contribution in [2.24, 2.45) is 0 Å². The number of likely N-dealkylation sites (N-methyl/N-ethyl adjacent to an activating group) is 2. The second-order valence-corrected chi connectivity index (χ2v) is 7.42. The number of nitrogens with zero attached hydrogens (tertiary/aromatic N) is 2. The highest BCUT2D eigenvalue weighted by molar-refractivity contribution is 6.03. The molecule has 0 saturated heterocycles. The average molecular weight is 364 g/mol. The summed E-state index contributed by atoms with van der Waals surface area (Å²) in [6, 6.07) is -0.149. The van der Waals surface area contributed by atoms with Gasteiger partial charge < -0.3 is 20.4 Å². The van der Waals surface area contributed by atoms with Crippen molar-refractivity contribution in [3.05, 3.63) is 70.6 Å². The van der Waals surface area contributed by atoms with Crippen LogP contribution in [0.5, 0.6) is 0 Å². The van der Waals surface area contributed by atoms with Gasteiger partial charge in [0.15, 0.2) is 5.78 Å². The summed E-state index contributed by atoms with van der Waals surface area (Å²) in [6.45, 7) is 1.37. The van der Waals surface area contributed by atoms with Gasteiger partial charge in [-0.15, -0.1) is 0 Å². The number of fused-ring (bicyclic) bond motifs is 4. The standard InChI is InChI=1S/C21H24N4O2/c1-24(2)10-9-23-21(27)17-12-16-15-11-13(26)6-7-18(15)25(3)20(16)14-5-4-8-22-19(14)17/h4-8,11-12,18-19,22H,9-10H2,1-3H3,(H,23,27). The zero-order valence-corrected chi connectivity index (χ0v) is 15.8. The van der Waals surface area contributed by atoms with E-state index in [9.17, 15) is 9.59 Å². The number of carbonyl (C=O) groups excluding carboxylic acids is 2. The summed E-state index contributed by atoms with van der Waals surface area (Å²) in [4.78, 5) is 29.1. The van der Waals surface area contributed by atoms with Gasteiger partial charge in [0.25, 0.3) is 0 Å². The van der Waals surface area contributed by atoms with Gasteiger partial charge >= 0.3 is 0 Å². The van der Waals surface area contributed by atoms with E-state index >= 15 is 0 Å². The Labute approximate surface area is 159 Å². The van der Waals surface area contributed by atoms with E-state index in [1.807, 2.05) is 50.5 Å². The molecule has 2 aliphatic carbocycles. The molecule has 0 bridgehead atoms. The molecule has 6 heteroatoms. The Balaban J connectivity index is 1.73. The highest BCUT2D eigenvalue weighted by Gasteiger charge is 2.42. The molecule has 0 aromatic rings. The topological polar surface area (TPSA) is 64.7 Å². The maximum Gasteiger partial charge on any atom is 0.249 e.